The highest BCUT2D eigenvalue weighted by molar-refractivity contribution is 7.90. The third-order valence-electron chi connectivity index (χ3n) is 5.93. The molecule has 0 bridgehead atoms. The topological polar surface area (TPSA) is 83.1 Å². The van der Waals surface area contributed by atoms with Gasteiger partial charge in [-0.3, -0.25) is 4.79 Å². The number of hydrogen-bond donors (Lipinski definition) is 1. The van der Waals surface area contributed by atoms with E-state index in [2.05, 4.69) is 16.0 Å². The van der Waals surface area contributed by atoms with Crippen LogP contribution in [0.4, 0.5) is 0 Å². The Hall–Kier alpha value is -3.71. The number of nitrogens with one attached hydrogen (secondary N) is 1. The lowest BCUT2D eigenvalue weighted by Gasteiger charge is -2.26. The summed E-state index contributed by atoms with van der Waals surface area (Å²) in [6.07, 6.45) is 6.56. The van der Waals surface area contributed by atoms with Crippen molar-refractivity contribution in [3.8, 4) is 0 Å². The van der Waals surface area contributed by atoms with Crippen LogP contribution in [0.1, 0.15) is 27.9 Å². The molecule has 0 saturated carbocycles. The minimum Gasteiger partial charge on any atom is -0.346 e. The lowest BCUT2D eigenvalue weighted by Crippen LogP contribution is -2.34. The number of rotatable bonds is 5. The van der Waals surface area contributed by atoms with Gasteiger partial charge in [0.05, 0.1) is 10.6 Å². The van der Waals surface area contributed by atoms with Gasteiger partial charge in [-0.1, -0.05) is 36.4 Å². The van der Waals surface area contributed by atoms with Crippen molar-refractivity contribution in [1.82, 2.24) is 14.9 Å². The molecule has 1 aliphatic heterocycles. The van der Waals surface area contributed by atoms with Crippen LogP contribution in [0.3, 0.4) is 0 Å². The Morgan fingerprint density at radius 1 is 1.03 bits per heavy atom. The fourth-order valence-electron chi connectivity index (χ4n) is 4.23. The van der Waals surface area contributed by atoms with Gasteiger partial charge in [-0.25, -0.2) is 13.4 Å². The van der Waals surface area contributed by atoms with E-state index in [4.69, 9.17) is 0 Å². The fraction of sp³-hybridized carbons (Fsp3) is 0.154. The lowest BCUT2D eigenvalue weighted by molar-refractivity contribution is 0.0772. The number of nitrogens with zero attached hydrogens (tertiary/aromatic N) is 2. The van der Waals surface area contributed by atoms with E-state index in [0.717, 1.165) is 23.0 Å². The second kappa shape index (κ2) is 8.67. The predicted molar refractivity (Wildman–Crippen MR) is 128 cm³/mol. The monoisotopic (exact) mass is 457 g/mol. The standard InChI is InChI=1S/C26H23N3O3S/c30-26(21-7-4-6-19(16-21)18-33(31,32)22-8-2-1-3-9-22)29-14-11-20(12-15-29)24-17-28-25-23(24)10-5-13-27-25/h1-11,13,16-17H,12,14-15,18H2,(H,27,28). The number of carbonyl (C=O) groups excluding carboxylic acids is 1. The van der Waals surface area contributed by atoms with Crippen LogP contribution < -0.4 is 0 Å². The first kappa shape index (κ1) is 21.2. The van der Waals surface area contributed by atoms with Crippen LogP contribution in [0.25, 0.3) is 16.6 Å². The van der Waals surface area contributed by atoms with Crippen LogP contribution in [0.5, 0.6) is 0 Å². The molecular weight excluding hydrogens is 434 g/mol. The van der Waals surface area contributed by atoms with Gasteiger partial charge in [-0.05, 0) is 54.0 Å². The van der Waals surface area contributed by atoms with E-state index in [-0.39, 0.29) is 16.6 Å². The van der Waals surface area contributed by atoms with Gasteiger partial charge in [-0.2, -0.15) is 0 Å². The molecule has 33 heavy (non-hydrogen) atoms. The van der Waals surface area contributed by atoms with Crippen LogP contribution in [0.15, 0.2) is 90.1 Å². The van der Waals surface area contributed by atoms with E-state index in [0.29, 0.717) is 24.2 Å². The van der Waals surface area contributed by atoms with Gasteiger partial charge in [-0.15, -0.1) is 0 Å². The summed E-state index contributed by atoms with van der Waals surface area (Å²) >= 11 is 0. The lowest BCUT2D eigenvalue weighted by atomic mass is 9.99. The molecule has 0 spiro atoms. The molecule has 2 aromatic heterocycles. The van der Waals surface area contributed by atoms with Crippen molar-refractivity contribution in [3.05, 3.63) is 102 Å². The number of fused-ring (bicyclic) bond motifs is 1. The van der Waals surface area contributed by atoms with Gasteiger partial charge >= 0.3 is 0 Å². The molecule has 5 rings (SSSR count). The SMILES string of the molecule is O=C(c1cccc(CS(=O)(=O)c2ccccc2)c1)N1CC=C(c2c[nH]c3ncccc23)CC1. The van der Waals surface area contributed by atoms with Gasteiger partial charge in [0.25, 0.3) is 5.91 Å². The molecule has 1 N–H and O–H groups in total. The minimum absolute atomic E-state index is 0.0927. The highest BCUT2D eigenvalue weighted by Crippen LogP contribution is 2.29. The molecule has 0 fully saturated rings. The number of amides is 1. The smallest absolute Gasteiger partial charge is 0.254 e. The minimum atomic E-state index is -3.47. The van der Waals surface area contributed by atoms with E-state index >= 15 is 0 Å². The molecule has 0 saturated heterocycles. The van der Waals surface area contributed by atoms with Crippen LogP contribution in [-0.2, 0) is 15.6 Å². The zero-order valence-electron chi connectivity index (χ0n) is 17.9. The Kier molecular flexibility index (Phi) is 5.56. The van der Waals surface area contributed by atoms with E-state index in [1.165, 1.54) is 5.57 Å². The van der Waals surface area contributed by atoms with E-state index < -0.39 is 9.84 Å². The second-order valence-electron chi connectivity index (χ2n) is 8.10. The van der Waals surface area contributed by atoms with E-state index in [9.17, 15) is 13.2 Å². The normalized spacial score (nSPS) is 14.3. The van der Waals surface area contributed by atoms with E-state index in [1.807, 2.05) is 18.3 Å². The largest absolute Gasteiger partial charge is 0.346 e. The summed E-state index contributed by atoms with van der Waals surface area (Å²) in [7, 11) is -3.47. The molecule has 4 aromatic rings. The van der Waals surface area contributed by atoms with Crippen LogP contribution in [-0.4, -0.2) is 42.3 Å². The van der Waals surface area contributed by atoms with E-state index in [1.54, 1.807) is 65.7 Å². The third-order valence-corrected chi connectivity index (χ3v) is 7.63. The van der Waals surface area contributed by atoms with Crippen LogP contribution in [0, 0.1) is 0 Å². The first-order valence-corrected chi connectivity index (χ1v) is 12.4. The van der Waals surface area contributed by atoms with Gasteiger partial charge in [0.2, 0.25) is 0 Å². The van der Waals surface area contributed by atoms with Gasteiger partial charge < -0.3 is 9.88 Å². The Labute approximate surface area is 192 Å². The third kappa shape index (κ3) is 4.32. The maximum absolute atomic E-state index is 13.1. The number of aromatic amines is 1. The Balaban J connectivity index is 1.32. The summed E-state index contributed by atoms with van der Waals surface area (Å²) in [5.41, 5.74) is 4.28. The summed E-state index contributed by atoms with van der Waals surface area (Å²) in [5, 5.41) is 1.08. The molecule has 2 aromatic carbocycles. The molecule has 0 unspecified atom stereocenters. The van der Waals surface area contributed by atoms with Gasteiger partial charge in [0.1, 0.15) is 5.65 Å². The van der Waals surface area contributed by atoms with Crippen molar-refractivity contribution in [2.45, 2.75) is 17.1 Å². The molecule has 0 atom stereocenters. The zero-order valence-corrected chi connectivity index (χ0v) is 18.8. The van der Waals surface area contributed by atoms with Crippen molar-refractivity contribution >= 4 is 32.4 Å². The highest BCUT2D eigenvalue weighted by atomic mass is 32.2. The number of hydrogen-bond acceptors (Lipinski definition) is 4. The summed E-state index contributed by atoms with van der Waals surface area (Å²) in [6.45, 7) is 1.11. The molecular formula is C26H23N3O3S. The summed E-state index contributed by atoms with van der Waals surface area (Å²) < 4.78 is 25.4. The van der Waals surface area contributed by atoms with Crippen molar-refractivity contribution in [2.24, 2.45) is 0 Å². The van der Waals surface area contributed by atoms with Crippen molar-refractivity contribution < 1.29 is 13.2 Å². The summed E-state index contributed by atoms with van der Waals surface area (Å²) in [4.78, 5) is 22.7. The quantitative estimate of drug-likeness (QED) is 0.479. The Morgan fingerprint density at radius 2 is 1.88 bits per heavy atom. The predicted octanol–water partition coefficient (Wildman–Crippen LogP) is 4.47. The fourth-order valence-corrected chi connectivity index (χ4v) is 5.58. The number of sulfone groups is 1. The number of benzene rings is 2. The average molecular weight is 458 g/mol. The van der Waals surface area contributed by atoms with Crippen LogP contribution in [0.2, 0.25) is 0 Å². The maximum atomic E-state index is 13.1. The molecule has 3 heterocycles. The van der Waals surface area contributed by atoms with Crippen molar-refractivity contribution in [1.29, 1.82) is 0 Å². The average Bonchev–Trinajstić information content (AvgIpc) is 3.28. The number of pyridine rings is 1. The number of aromatic nitrogens is 2. The Morgan fingerprint density at radius 3 is 2.67 bits per heavy atom. The molecule has 6 nitrogen and oxygen atoms in total. The van der Waals surface area contributed by atoms with Crippen molar-refractivity contribution in [2.75, 3.05) is 13.1 Å². The van der Waals surface area contributed by atoms with Crippen molar-refractivity contribution in [3.63, 3.8) is 0 Å². The highest BCUT2D eigenvalue weighted by Gasteiger charge is 2.22. The van der Waals surface area contributed by atoms with Gasteiger partial charge in [0.15, 0.2) is 9.84 Å². The molecule has 7 heteroatoms. The maximum Gasteiger partial charge on any atom is 0.254 e. The second-order valence-corrected chi connectivity index (χ2v) is 10.1. The molecule has 0 radical (unpaired) electrons. The number of H-pyrrole nitrogens is 1. The van der Waals surface area contributed by atoms with Gasteiger partial charge in [0, 0.05) is 42.0 Å². The first-order valence-electron chi connectivity index (χ1n) is 10.8. The Bertz CT molecular complexity index is 1460. The summed E-state index contributed by atoms with van der Waals surface area (Å²) in [6, 6.07) is 19.3. The summed E-state index contributed by atoms with van der Waals surface area (Å²) in [5.74, 6) is -0.235. The first-order chi connectivity index (χ1) is 16.0. The number of carbonyl (C=O) groups is 1. The molecule has 1 amide bonds. The molecule has 0 aliphatic carbocycles. The zero-order chi connectivity index (χ0) is 22.8. The van der Waals surface area contributed by atoms with Crippen LogP contribution >= 0.6 is 0 Å². The molecule has 1 aliphatic rings. The molecule has 166 valence electrons.